The summed E-state index contributed by atoms with van der Waals surface area (Å²) in [5, 5.41) is 0. The van der Waals surface area contributed by atoms with E-state index in [1.807, 2.05) is 6.92 Å². The molecule has 0 fully saturated rings. The molecule has 0 heterocycles. The summed E-state index contributed by atoms with van der Waals surface area (Å²) in [6.07, 6.45) is 2.15. The number of hydrogen-bond acceptors (Lipinski definition) is 2. The molecule has 0 amide bonds. The predicted octanol–water partition coefficient (Wildman–Crippen LogP) is 0.704. The number of carbonyl (C=O) groups is 1. The molecule has 0 aromatic heterocycles. The maximum absolute atomic E-state index is 10.5. The first-order valence-electron chi connectivity index (χ1n) is 3.03. The third-order valence-electron chi connectivity index (χ3n) is 1.05. The Morgan fingerprint density at radius 1 is 1.62 bits per heavy atom. The molecular formula is C6H13NO. The molecule has 8 heavy (non-hydrogen) atoms. The molecule has 0 unspecified atom stereocenters. The van der Waals surface area contributed by atoms with Crippen molar-refractivity contribution in [3.63, 3.8) is 0 Å². The van der Waals surface area contributed by atoms with Gasteiger partial charge in [0.25, 0.3) is 0 Å². The fourth-order valence-electron chi connectivity index (χ4n) is 0.476. The van der Waals surface area contributed by atoms with E-state index in [2.05, 4.69) is 0 Å². The van der Waals surface area contributed by atoms with Crippen LogP contribution in [0.25, 0.3) is 0 Å². The number of ketones is 1. The molecule has 0 radical (unpaired) electrons. The second-order valence-electron chi connectivity index (χ2n) is 1.78. The molecule has 0 saturated heterocycles. The molecule has 0 bridgehead atoms. The number of Topliss-reactive ketones (excluding diaryl/α,β-unsaturated/α-hetero) is 1. The molecule has 0 aliphatic carbocycles. The Labute approximate surface area is 50.1 Å². The highest BCUT2D eigenvalue weighted by atomic mass is 16.1. The van der Waals surface area contributed by atoms with Crippen molar-refractivity contribution in [1.29, 1.82) is 0 Å². The Balaban J connectivity index is 2.99. The van der Waals surface area contributed by atoms with E-state index >= 15 is 0 Å². The summed E-state index contributed by atoms with van der Waals surface area (Å²) in [5.41, 5.74) is 5.18. The Kier molecular flexibility index (Phi) is 4.56. The summed E-state index contributed by atoms with van der Waals surface area (Å²) >= 11 is 0. The largest absolute Gasteiger partial charge is 0.330 e. The molecule has 0 atom stereocenters. The molecule has 2 nitrogen and oxygen atoms in total. The summed E-state index contributed by atoms with van der Waals surface area (Å²) in [4.78, 5) is 10.5. The molecule has 0 aliphatic heterocycles. The molecule has 0 saturated carbocycles. The smallest absolute Gasteiger partial charge is 0.132 e. The molecule has 2 heteroatoms. The molecule has 0 rings (SSSR count). The average Bonchev–Trinajstić information content (AvgIpc) is 1.83. The molecule has 2 N–H and O–H groups in total. The van der Waals surface area contributed by atoms with Crippen molar-refractivity contribution in [3.05, 3.63) is 0 Å². The summed E-state index contributed by atoms with van der Waals surface area (Å²) < 4.78 is 0. The molecule has 0 aliphatic rings. The van der Waals surface area contributed by atoms with Gasteiger partial charge in [-0.05, 0) is 13.0 Å². The first kappa shape index (κ1) is 7.63. The number of rotatable bonds is 4. The van der Waals surface area contributed by atoms with Crippen LogP contribution in [0.2, 0.25) is 0 Å². The van der Waals surface area contributed by atoms with Crippen molar-refractivity contribution in [2.75, 3.05) is 6.54 Å². The number of carbonyl (C=O) groups excluding carboxylic acids is 1. The van der Waals surface area contributed by atoms with Crippen LogP contribution in [0.1, 0.15) is 26.2 Å². The van der Waals surface area contributed by atoms with Gasteiger partial charge in [-0.15, -0.1) is 0 Å². The van der Waals surface area contributed by atoms with E-state index in [0.29, 0.717) is 25.2 Å². The fourth-order valence-corrected chi connectivity index (χ4v) is 0.476. The lowest BCUT2D eigenvalue weighted by Gasteiger charge is -1.91. The van der Waals surface area contributed by atoms with E-state index in [9.17, 15) is 4.79 Å². The van der Waals surface area contributed by atoms with Crippen molar-refractivity contribution >= 4 is 5.78 Å². The zero-order chi connectivity index (χ0) is 6.41. The van der Waals surface area contributed by atoms with Gasteiger partial charge in [0.2, 0.25) is 0 Å². The van der Waals surface area contributed by atoms with Gasteiger partial charge in [0.1, 0.15) is 5.78 Å². The fraction of sp³-hybridized carbons (Fsp3) is 0.833. The van der Waals surface area contributed by atoms with Crippen molar-refractivity contribution < 1.29 is 4.79 Å². The normalized spacial score (nSPS) is 9.25. The molecule has 0 spiro atoms. The van der Waals surface area contributed by atoms with Crippen LogP contribution in [0.4, 0.5) is 0 Å². The highest BCUT2D eigenvalue weighted by molar-refractivity contribution is 5.77. The second kappa shape index (κ2) is 4.78. The summed E-state index contributed by atoms with van der Waals surface area (Å²) in [6, 6.07) is 0. The van der Waals surface area contributed by atoms with Gasteiger partial charge >= 0.3 is 0 Å². The highest BCUT2D eigenvalue weighted by Gasteiger charge is 1.93. The lowest BCUT2D eigenvalue weighted by molar-refractivity contribution is -0.118. The summed E-state index contributed by atoms with van der Waals surface area (Å²) in [5.74, 6) is 0.315. The van der Waals surface area contributed by atoms with Crippen LogP contribution < -0.4 is 5.73 Å². The number of nitrogens with two attached hydrogens (primary N) is 1. The third-order valence-corrected chi connectivity index (χ3v) is 1.05. The van der Waals surface area contributed by atoms with Gasteiger partial charge in [-0.1, -0.05) is 6.92 Å². The summed E-state index contributed by atoms with van der Waals surface area (Å²) in [7, 11) is 0. The molecular weight excluding hydrogens is 102 g/mol. The zero-order valence-corrected chi connectivity index (χ0v) is 5.31. The Morgan fingerprint density at radius 3 is 2.62 bits per heavy atom. The van der Waals surface area contributed by atoms with Crippen molar-refractivity contribution in [3.8, 4) is 0 Å². The minimum Gasteiger partial charge on any atom is -0.330 e. The van der Waals surface area contributed by atoms with Crippen molar-refractivity contribution in [2.45, 2.75) is 26.2 Å². The van der Waals surface area contributed by atoms with Gasteiger partial charge in [-0.2, -0.15) is 0 Å². The summed E-state index contributed by atoms with van der Waals surface area (Å²) in [6.45, 7) is 2.50. The first-order chi connectivity index (χ1) is 3.81. The second-order valence-corrected chi connectivity index (χ2v) is 1.78. The van der Waals surface area contributed by atoms with E-state index in [1.54, 1.807) is 0 Å². The van der Waals surface area contributed by atoms with Crippen molar-refractivity contribution in [2.24, 2.45) is 5.73 Å². The minimum atomic E-state index is 0.315. The molecule has 48 valence electrons. The number of hydrogen-bond donors (Lipinski definition) is 1. The maximum atomic E-state index is 10.5. The first-order valence-corrected chi connectivity index (χ1v) is 3.03. The van der Waals surface area contributed by atoms with Crippen LogP contribution >= 0.6 is 0 Å². The van der Waals surface area contributed by atoms with Crippen LogP contribution in [0.15, 0.2) is 0 Å². The van der Waals surface area contributed by atoms with Crippen LogP contribution in [-0.4, -0.2) is 12.3 Å². The molecule has 0 aromatic rings. The van der Waals surface area contributed by atoms with Gasteiger partial charge in [-0.25, -0.2) is 0 Å². The van der Waals surface area contributed by atoms with Crippen LogP contribution in [-0.2, 0) is 4.79 Å². The maximum Gasteiger partial charge on any atom is 0.132 e. The quantitative estimate of drug-likeness (QED) is 0.586. The Hall–Kier alpha value is -0.370. The third kappa shape index (κ3) is 3.81. The van der Waals surface area contributed by atoms with Gasteiger partial charge in [0.15, 0.2) is 0 Å². The van der Waals surface area contributed by atoms with Crippen LogP contribution in [0.3, 0.4) is 0 Å². The van der Waals surface area contributed by atoms with Gasteiger partial charge in [-0.3, -0.25) is 4.79 Å². The van der Waals surface area contributed by atoms with Crippen LogP contribution in [0.5, 0.6) is 0 Å². The van der Waals surface area contributed by atoms with E-state index in [-0.39, 0.29) is 0 Å². The lowest BCUT2D eigenvalue weighted by atomic mass is 10.2. The van der Waals surface area contributed by atoms with E-state index < -0.39 is 0 Å². The monoisotopic (exact) mass is 115 g/mol. The van der Waals surface area contributed by atoms with Crippen LogP contribution in [0, 0.1) is 0 Å². The average molecular weight is 115 g/mol. The van der Waals surface area contributed by atoms with Crippen molar-refractivity contribution in [1.82, 2.24) is 0 Å². The zero-order valence-electron chi connectivity index (χ0n) is 5.31. The van der Waals surface area contributed by atoms with E-state index in [1.165, 1.54) is 0 Å². The predicted molar refractivity (Wildman–Crippen MR) is 33.6 cm³/mol. The lowest BCUT2D eigenvalue weighted by Crippen LogP contribution is -2.02. The minimum absolute atomic E-state index is 0.315. The van der Waals surface area contributed by atoms with Gasteiger partial charge in [0.05, 0.1) is 0 Å². The Bertz CT molecular complexity index is 70.9. The van der Waals surface area contributed by atoms with E-state index in [4.69, 9.17) is 5.73 Å². The SMILES string of the molecule is CCC(=O)CCCN. The van der Waals surface area contributed by atoms with Gasteiger partial charge < -0.3 is 5.73 Å². The topological polar surface area (TPSA) is 43.1 Å². The highest BCUT2D eigenvalue weighted by Crippen LogP contribution is 1.90. The van der Waals surface area contributed by atoms with Gasteiger partial charge in [0, 0.05) is 12.8 Å². The Morgan fingerprint density at radius 2 is 2.25 bits per heavy atom. The molecule has 0 aromatic carbocycles. The standard InChI is InChI=1S/C6H13NO/c1-2-6(8)4-3-5-7/h2-5,7H2,1H3. The van der Waals surface area contributed by atoms with E-state index in [0.717, 1.165) is 6.42 Å².